The maximum absolute atomic E-state index is 11.9. The van der Waals surface area contributed by atoms with Crippen LogP contribution in [0, 0.1) is 13.8 Å². The van der Waals surface area contributed by atoms with Crippen LogP contribution in [0.15, 0.2) is 97.1 Å². The lowest BCUT2D eigenvalue weighted by atomic mass is 9.78. The van der Waals surface area contributed by atoms with E-state index in [1.807, 2.05) is 60.7 Å². The molecule has 0 saturated heterocycles. The summed E-state index contributed by atoms with van der Waals surface area (Å²) in [5.74, 6) is 1.82. The Kier molecular flexibility index (Phi) is 7.11. The summed E-state index contributed by atoms with van der Waals surface area (Å²) >= 11 is 0. The summed E-state index contributed by atoms with van der Waals surface area (Å²) < 4.78 is 11.9. The zero-order valence-electron chi connectivity index (χ0n) is 24.7. The molecule has 0 amide bonds. The summed E-state index contributed by atoms with van der Waals surface area (Å²) in [6, 6.07) is 28.9. The van der Waals surface area contributed by atoms with E-state index in [1.165, 1.54) is 13.8 Å². The first kappa shape index (κ1) is 28.9. The zero-order chi connectivity index (χ0) is 31.2. The molecule has 8 heteroatoms. The molecule has 0 saturated carbocycles. The summed E-state index contributed by atoms with van der Waals surface area (Å²) in [4.78, 5) is 9.07. The molecule has 4 aromatic carbocycles. The molecule has 0 fully saturated rings. The smallest absolute Gasteiger partial charge is 0.148 e. The largest absolute Gasteiger partial charge is 0.505 e. The Bertz CT molecular complexity index is 1860. The molecule has 222 valence electrons. The normalized spacial score (nSPS) is 14.2. The third-order valence-corrected chi connectivity index (χ3v) is 8.11. The van der Waals surface area contributed by atoms with Crippen molar-refractivity contribution < 1.29 is 29.9 Å². The summed E-state index contributed by atoms with van der Waals surface area (Å²) in [6.07, 6.45) is 0. The van der Waals surface area contributed by atoms with Crippen LogP contribution in [0.2, 0.25) is 0 Å². The first-order valence-corrected chi connectivity index (χ1v) is 14.2. The van der Waals surface area contributed by atoms with E-state index in [1.54, 1.807) is 50.2 Å². The number of aromatic nitrogens is 2. The van der Waals surface area contributed by atoms with Crippen LogP contribution in [0.25, 0.3) is 21.5 Å². The molecule has 0 spiro atoms. The highest BCUT2D eigenvalue weighted by atomic mass is 16.5. The van der Waals surface area contributed by atoms with Crippen LogP contribution in [-0.4, -0.2) is 30.4 Å². The second-order valence-electron chi connectivity index (χ2n) is 11.2. The molecule has 0 aliphatic rings. The minimum atomic E-state index is -2.18. The highest BCUT2D eigenvalue weighted by molar-refractivity contribution is 5.93. The third-order valence-electron chi connectivity index (χ3n) is 8.11. The Labute approximate surface area is 254 Å². The second-order valence-corrected chi connectivity index (χ2v) is 11.2. The van der Waals surface area contributed by atoms with Crippen LogP contribution in [0.4, 0.5) is 0 Å². The zero-order valence-corrected chi connectivity index (χ0v) is 24.7. The number of ether oxygens (including phenoxy) is 2. The second kappa shape index (κ2) is 10.8. The Morgan fingerprint density at radius 1 is 0.500 bits per heavy atom. The summed E-state index contributed by atoms with van der Waals surface area (Å²) in [6.45, 7) is 6.16. The topological polar surface area (TPSA) is 125 Å². The average molecular weight is 589 g/mol. The van der Waals surface area contributed by atoms with Crippen LogP contribution in [0.3, 0.4) is 0 Å². The fourth-order valence-corrected chi connectivity index (χ4v) is 5.39. The van der Waals surface area contributed by atoms with Gasteiger partial charge in [0.25, 0.3) is 0 Å². The monoisotopic (exact) mass is 588 g/mol. The van der Waals surface area contributed by atoms with Gasteiger partial charge in [0, 0.05) is 32.9 Å². The van der Waals surface area contributed by atoms with Gasteiger partial charge in [0.05, 0.1) is 0 Å². The van der Waals surface area contributed by atoms with Gasteiger partial charge in [-0.1, -0.05) is 36.4 Å². The molecular weight excluding hydrogens is 556 g/mol. The molecule has 0 radical (unpaired) electrons. The number of aryl methyl sites for hydroxylation is 2. The molecule has 2 unspecified atom stereocenters. The van der Waals surface area contributed by atoms with Gasteiger partial charge in [-0.25, -0.2) is 0 Å². The minimum Gasteiger partial charge on any atom is -0.505 e. The number of aliphatic hydroxyl groups is 2. The molecule has 6 rings (SSSR count). The van der Waals surface area contributed by atoms with E-state index in [9.17, 15) is 20.4 Å². The molecule has 2 heterocycles. The number of hydrogen-bond donors (Lipinski definition) is 4. The number of rotatable bonds is 7. The molecule has 0 aliphatic carbocycles. The van der Waals surface area contributed by atoms with Crippen molar-refractivity contribution in [2.24, 2.45) is 0 Å². The van der Waals surface area contributed by atoms with Crippen LogP contribution >= 0.6 is 0 Å². The lowest BCUT2D eigenvalue weighted by Gasteiger charge is -2.38. The predicted molar refractivity (Wildman–Crippen MR) is 168 cm³/mol. The van der Waals surface area contributed by atoms with E-state index in [-0.39, 0.29) is 22.9 Å². The number of aromatic hydroxyl groups is 2. The number of hydrogen-bond acceptors (Lipinski definition) is 8. The molecule has 2 atom stereocenters. The Morgan fingerprint density at radius 2 is 0.864 bits per heavy atom. The summed E-state index contributed by atoms with van der Waals surface area (Å²) in [5, 5.41) is 48.6. The SMILES string of the molecule is Cc1nc(C(C)(O)C(C)(O)c2nc(C)c3cc(Oc4ccccc4)ccc3c2O)c(O)c2ccc(Oc3ccccc3)cc12. The van der Waals surface area contributed by atoms with Gasteiger partial charge in [-0.3, -0.25) is 9.97 Å². The number of fused-ring (bicyclic) bond motifs is 2. The molecule has 0 bridgehead atoms. The molecule has 2 aromatic heterocycles. The van der Waals surface area contributed by atoms with Gasteiger partial charge < -0.3 is 29.9 Å². The third kappa shape index (κ3) is 4.94. The van der Waals surface area contributed by atoms with Gasteiger partial charge in [-0.2, -0.15) is 0 Å². The van der Waals surface area contributed by atoms with Crippen molar-refractivity contribution in [3.05, 3.63) is 120 Å². The van der Waals surface area contributed by atoms with Crippen molar-refractivity contribution in [1.82, 2.24) is 9.97 Å². The van der Waals surface area contributed by atoms with Gasteiger partial charge >= 0.3 is 0 Å². The van der Waals surface area contributed by atoms with Gasteiger partial charge in [0.2, 0.25) is 0 Å². The molecule has 6 aromatic rings. The maximum atomic E-state index is 11.9. The average Bonchev–Trinajstić information content (AvgIpc) is 3.01. The first-order valence-electron chi connectivity index (χ1n) is 14.2. The molecule has 44 heavy (non-hydrogen) atoms. The highest BCUT2D eigenvalue weighted by Crippen LogP contribution is 2.48. The fraction of sp³-hybridized carbons (Fsp3) is 0.167. The van der Waals surface area contributed by atoms with Crippen molar-refractivity contribution in [2.45, 2.75) is 38.9 Å². The number of benzene rings is 4. The van der Waals surface area contributed by atoms with Crippen molar-refractivity contribution in [1.29, 1.82) is 0 Å². The Hall–Kier alpha value is -5.18. The first-order chi connectivity index (χ1) is 21.0. The van der Waals surface area contributed by atoms with Crippen LogP contribution < -0.4 is 9.47 Å². The van der Waals surface area contributed by atoms with E-state index in [2.05, 4.69) is 9.97 Å². The lowest BCUT2D eigenvalue weighted by molar-refractivity contribution is -0.149. The molecule has 8 nitrogen and oxygen atoms in total. The summed E-state index contributed by atoms with van der Waals surface area (Å²) in [7, 11) is 0. The number of pyridine rings is 2. The number of nitrogens with zero attached hydrogens (tertiary/aromatic N) is 2. The minimum absolute atomic E-state index is 0.158. The predicted octanol–water partition coefficient (Wildman–Crippen LogP) is 7.51. The Morgan fingerprint density at radius 3 is 1.23 bits per heavy atom. The molecule has 4 N–H and O–H groups in total. The standard InChI is InChI=1S/C36H32N2O6/c1-21-29-19-25(43-23-11-7-5-8-12-23)15-17-27(29)31(39)33(37-21)35(3,41)36(4,42)34-32(40)28-18-16-26(20-30(28)22(2)38-34)44-24-13-9-6-10-14-24/h5-20,39-42H,1-4H3. The van der Waals surface area contributed by atoms with E-state index in [4.69, 9.17) is 9.47 Å². The summed E-state index contributed by atoms with van der Waals surface area (Å²) in [5.41, 5.74) is -3.68. The maximum Gasteiger partial charge on any atom is 0.148 e. The highest BCUT2D eigenvalue weighted by Gasteiger charge is 2.50. The van der Waals surface area contributed by atoms with Crippen LogP contribution in [0.5, 0.6) is 34.5 Å². The van der Waals surface area contributed by atoms with E-state index < -0.39 is 11.2 Å². The Balaban J connectivity index is 1.39. The van der Waals surface area contributed by atoms with Crippen molar-refractivity contribution in [3.8, 4) is 34.5 Å². The van der Waals surface area contributed by atoms with Gasteiger partial charge in [-0.05, 0) is 88.4 Å². The molecule has 0 aliphatic heterocycles. The van der Waals surface area contributed by atoms with Crippen LogP contribution in [-0.2, 0) is 11.2 Å². The van der Waals surface area contributed by atoms with Gasteiger partial charge in [0.15, 0.2) is 0 Å². The van der Waals surface area contributed by atoms with Gasteiger partial charge in [-0.15, -0.1) is 0 Å². The fourth-order valence-electron chi connectivity index (χ4n) is 5.39. The van der Waals surface area contributed by atoms with E-state index in [0.717, 1.165) is 0 Å². The quantitative estimate of drug-likeness (QED) is 0.151. The number of para-hydroxylation sites is 2. The van der Waals surface area contributed by atoms with Crippen LogP contribution in [0.1, 0.15) is 36.6 Å². The van der Waals surface area contributed by atoms with Crippen molar-refractivity contribution in [2.75, 3.05) is 0 Å². The van der Waals surface area contributed by atoms with Gasteiger partial charge in [0.1, 0.15) is 57.1 Å². The lowest BCUT2D eigenvalue weighted by Crippen LogP contribution is -2.46. The van der Waals surface area contributed by atoms with Crippen molar-refractivity contribution >= 4 is 21.5 Å². The van der Waals surface area contributed by atoms with E-state index >= 15 is 0 Å². The molecular formula is C36H32N2O6. The van der Waals surface area contributed by atoms with Crippen molar-refractivity contribution in [3.63, 3.8) is 0 Å². The van der Waals surface area contributed by atoms with E-state index in [0.29, 0.717) is 55.9 Å².